The molecule has 1 aromatic rings. The van der Waals surface area contributed by atoms with Gasteiger partial charge in [-0.15, -0.1) is 24.0 Å². The summed E-state index contributed by atoms with van der Waals surface area (Å²) in [6, 6.07) is 5.67. The van der Waals surface area contributed by atoms with Gasteiger partial charge in [0.25, 0.3) is 0 Å². The van der Waals surface area contributed by atoms with Crippen LogP contribution in [0.15, 0.2) is 23.2 Å². The fourth-order valence-electron chi connectivity index (χ4n) is 2.53. The molecule has 162 valence electrons. The molecule has 0 saturated heterocycles. The number of halogens is 1. The number of aliphatic hydroxyl groups excluding tert-OH is 1. The smallest absolute Gasteiger partial charge is 0.191 e. The van der Waals surface area contributed by atoms with Crippen LogP contribution >= 0.6 is 24.0 Å². The second-order valence-corrected chi connectivity index (χ2v) is 7.22. The molecule has 8 heteroatoms. The van der Waals surface area contributed by atoms with Crippen molar-refractivity contribution >= 4 is 29.9 Å². The average molecular weight is 509 g/mol. The highest BCUT2D eigenvalue weighted by Gasteiger charge is 2.24. The fourth-order valence-corrected chi connectivity index (χ4v) is 2.53. The van der Waals surface area contributed by atoms with Crippen molar-refractivity contribution in [1.29, 1.82) is 0 Å². The number of nitrogens with one attached hydrogen (secondary N) is 2. The Balaban J connectivity index is 0.00000729. The molecule has 0 saturated carbocycles. The Morgan fingerprint density at radius 3 is 2.43 bits per heavy atom. The zero-order valence-corrected chi connectivity index (χ0v) is 20.2. The Bertz CT molecular complexity index is 591. The predicted octanol–water partition coefficient (Wildman–Crippen LogP) is 2.80. The number of benzene rings is 1. The molecule has 28 heavy (non-hydrogen) atoms. The largest absolute Gasteiger partial charge is 0.493 e. The molecule has 0 spiro atoms. The molecule has 0 aliphatic carbocycles. The van der Waals surface area contributed by atoms with Gasteiger partial charge in [-0.05, 0) is 30.0 Å². The average Bonchev–Trinajstić information content (AvgIpc) is 2.63. The first-order valence-electron chi connectivity index (χ1n) is 9.31. The van der Waals surface area contributed by atoms with E-state index in [9.17, 15) is 0 Å². The highest BCUT2D eigenvalue weighted by atomic mass is 127. The quantitative estimate of drug-likeness (QED) is 0.256. The fraction of sp³-hybridized carbons (Fsp3) is 0.650. The SMILES string of the molecule is CCNC(=NCc1ccc(OCCO)c(OC)c1)NCC(OC)C(C)(C)C.I. The van der Waals surface area contributed by atoms with Gasteiger partial charge >= 0.3 is 0 Å². The second kappa shape index (κ2) is 13.8. The van der Waals surface area contributed by atoms with Gasteiger partial charge in [-0.25, -0.2) is 4.99 Å². The van der Waals surface area contributed by atoms with E-state index in [0.717, 1.165) is 18.1 Å². The third-order valence-corrected chi connectivity index (χ3v) is 4.05. The first-order chi connectivity index (χ1) is 12.8. The molecule has 0 aromatic heterocycles. The first kappa shape index (κ1) is 26.7. The summed E-state index contributed by atoms with van der Waals surface area (Å²) in [6.45, 7) is 10.6. The lowest BCUT2D eigenvalue weighted by molar-refractivity contribution is 0.0205. The van der Waals surface area contributed by atoms with E-state index in [-0.39, 0.29) is 48.7 Å². The van der Waals surface area contributed by atoms with Crippen molar-refractivity contribution in [2.75, 3.05) is 40.5 Å². The number of aliphatic hydroxyl groups is 1. The van der Waals surface area contributed by atoms with Crippen LogP contribution in [0.4, 0.5) is 0 Å². The summed E-state index contributed by atoms with van der Waals surface area (Å²) in [5.74, 6) is 1.97. The third-order valence-electron chi connectivity index (χ3n) is 4.05. The number of hydrogen-bond acceptors (Lipinski definition) is 5. The molecule has 0 radical (unpaired) electrons. The molecule has 1 unspecified atom stereocenters. The lowest BCUT2D eigenvalue weighted by Gasteiger charge is -2.30. The molecule has 3 N–H and O–H groups in total. The maximum atomic E-state index is 8.89. The lowest BCUT2D eigenvalue weighted by atomic mass is 9.89. The Kier molecular flexibility index (Phi) is 13.2. The number of guanidine groups is 1. The number of hydrogen-bond donors (Lipinski definition) is 3. The highest BCUT2D eigenvalue weighted by molar-refractivity contribution is 14.0. The topological polar surface area (TPSA) is 84.3 Å². The van der Waals surface area contributed by atoms with Crippen molar-refractivity contribution in [3.8, 4) is 11.5 Å². The summed E-state index contributed by atoms with van der Waals surface area (Å²) in [5.41, 5.74) is 1.04. The van der Waals surface area contributed by atoms with Crippen LogP contribution < -0.4 is 20.1 Å². The molecule has 0 bridgehead atoms. The van der Waals surface area contributed by atoms with Gasteiger partial charge in [0.05, 0.1) is 26.4 Å². The van der Waals surface area contributed by atoms with Crippen LogP contribution in [0.25, 0.3) is 0 Å². The van der Waals surface area contributed by atoms with Gasteiger partial charge in [0.15, 0.2) is 17.5 Å². The van der Waals surface area contributed by atoms with Gasteiger partial charge in [0, 0.05) is 20.2 Å². The van der Waals surface area contributed by atoms with Gasteiger partial charge in [0.2, 0.25) is 0 Å². The van der Waals surface area contributed by atoms with Crippen LogP contribution in [0, 0.1) is 5.41 Å². The van der Waals surface area contributed by atoms with E-state index >= 15 is 0 Å². The molecule has 7 nitrogen and oxygen atoms in total. The standard InChI is InChI=1S/C20H35N3O4.HI/c1-7-21-19(23-14-18(26-6)20(2,3)4)22-13-15-8-9-16(27-11-10-24)17(12-15)25-5;/h8-9,12,18,24H,7,10-11,13-14H2,1-6H3,(H2,21,22,23);1H. The number of rotatable bonds is 10. The van der Waals surface area contributed by atoms with E-state index in [1.165, 1.54) is 0 Å². The predicted molar refractivity (Wildman–Crippen MR) is 124 cm³/mol. The van der Waals surface area contributed by atoms with Crippen molar-refractivity contribution in [1.82, 2.24) is 10.6 Å². The van der Waals surface area contributed by atoms with Crippen LogP contribution in [-0.4, -0.2) is 57.7 Å². The van der Waals surface area contributed by atoms with Crippen LogP contribution in [0.5, 0.6) is 11.5 Å². The first-order valence-corrected chi connectivity index (χ1v) is 9.31. The van der Waals surface area contributed by atoms with Gasteiger partial charge in [-0.2, -0.15) is 0 Å². The summed E-state index contributed by atoms with van der Waals surface area (Å²) in [5, 5.41) is 15.5. The van der Waals surface area contributed by atoms with E-state index < -0.39 is 0 Å². The molecular weight excluding hydrogens is 473 g/mol. The Morgan fingerprint density at radius 1 is 1.18 bits per heavy atom. The zero-order chi connectivity index (χ0) is 20.3. The van der Waals surface area contributed by atoms with Crippen molar-refractivity contribution in [3.63, 3.8) is 0 Å². The minimum Gasteiger partial charge on any atom is -0.493 e. The molecule has 1 aromatic carbocycles. The van der Waals surface area contributed by atoms with Crippen LogP contribution in [0.1, 0.15) is 33.3 Å². The van der Waals surface area contributed by atoms with Gasteiger partial charge in [-0.3, -0.25) is 0 Å². The molecule has 0 aliphatic heterocycles. The molecule has 1 rings (SSSR count). The van der Waals surface area contributed by atoms with E-state index in [1.807, 2.05) is 25.1 Å². The Morgan fingerprint density at radius 2 is 1.89 bits per heavy atom. The van der Waals surface area contributed by atoms with Gasteiger partial charge in [0.1, 0.15) is 6.61 Å². The highest BCUT2D eigenvalue weighted by Crippen LogP contribution is 2.28. The Labute approximate surface area is 186 Å². The van der Waals surface area contributed by atoms with Crippen molar-refractivity contribution in [2.45, 2.75) is 40.3 Å². The summed E-state index contributed by atoms with van der Waals surface area (Å²) >= 11 is 0. The number of nitrogens with zero attached hydrogens (tertiary/aromatic N) is 1. The van der Waals surface area contributed by atoms with E-state index in [4.69, 9.17) is 19.3 Å². The van der Waals surface area contributed by atoms with Crippen molar-refractivity contribution in [3.05, 3.63) is 23.8 Å². The summed E-state index contributed by atoms with van der Waals surface area (Å²) in [7, 11) is 3.32. The number of ether oxygens (including phenoxy) is 3. The van der Waals surface area contributed by atoms with Crippen LogP contribution in [0.3, 0.4) is 0 Å². The monoisotopic (exact) mass is 509 g/mol. The van der Waals surface area contributed by atoms with Crippen molar-refractivity contribution in [2.24, 2.45) is 10.4 Å². The number of aliphatic imine (C=N–C) groups is 1. The normalized spacial score (nSPS) is 12.8. The van der Waals surface area contributed by atoms with Gasteiger partial charge < -0.3 is 30.0 Å². The van der Waals surface area contributed by atoms with Crippen LogP contribution in [0.2, 0.25) is 0 Å². The molecule has 0 heterocycles. The summed E-state index contributed by atoms with van der Waals surface area (Å²) < 4.78 is 16.4. The molecule has 0 fully saturated rings. The van der Waals surface area contributed by atoms with Gasteiger partial charge in [-0.1, -0.05) is 26.8 Å². The minimum atomic E-state index is -0.0377. The lowest BCUT2D eigenvalue weighted by Crippen LogP contribution is -2.45. The summed E-state index contributed by atoms with van der Waals surface area (Å²) in [6.07, 6.45) is 0.0735. The third kappa shape index (κ3) is 9.29. The van der Waals surface area contributed by atoms with Crippen molar-refractivity contribution < 1.29 is 19.3 Å². The molecular formula is C20H36IN3O4. The Hall–Kier alpha value is -1.26. The van der Waals surface area contributed by atoms with E-state index in [1.54, 1.807) is 14.2 Å². The van der Waals surface area contributed by atoms with E-state index in [0.29, 0.717) is 24.6 Å². The minimum absolute atomic E-state index is 0. The molecule has 0 aliphatic rings. The summed E-state index contributed by atoms with van der Waals surface area (Å²) in [4.78, 5) is 4.64. The molecule has 0 amide bonds. The maximum absolute atomic E-state index is 8.89. The zero-order valence-electron chi connectivity index (χ0n) is 17.9. The van der Waals surface area contributed by atoms with Crippen LogP contribution in [-0.2, 0) is 11.3 Å². The molecule has 1 atom stereocenters. The second-order valence-electron chi connectivity index (χ2n) is 7.22. The number of methoxy groups -OCH3 is 2. The van der Waals surface area contributed by atoms with E-state index in [2.05, 4.69) is 36.4 Å². The maximum Gasteiger partial charge on any atom is 0.191 e.